The van der Waals surface area contributed by atoms with Gasteiger partial charge in [-0.1, -0.05) is 0 Å². The maximum Gasteiger partial charge on any atom is 0.131 e. The van der Waals surface area contributed by atoms with Gasteiger partial charge in [-0.05, 0) is 18.6 Å². The van der Waals surface area contributed by atoms with E-state index in [1.165, 1.54) is 6.20 Å². The van der Waals surface area contributed by atoms with E-state index < -0.39 is 0 Å². The van der Waals surface area contributed by atoms with E-state index in [1.54, 1.807) is 6.07 Å². The number of aliphatic hydroxyl groups is 1. The maximum atomic E-state index is 8.77. The number of hydrogen-bond donors (Lipinski definition) is 1. The lowest BCUT2D eigenvalue weighted by Gasteiger charge is -2.18. The van der Waals surface area contributed by atoms with Gasteiger partial charge < -0.3 is 10.0 Å². The number of hydrogen-bond acceptors (Lipinski definition) is 4. The maximum absolute atomic E-state index is 8.77. The summed E-state index contributed by atoms with van der Waals surface area (Å²) < 4.78 is 0. The number of aryl methyl sites for hydroxylation is 1. The fourth-order valence-corrected chi connectivity index (χ4v) is 1.28. The average Bonchev–Trinajstić information content (AvgIpc) is 2.17. The number of nitriles is 1. The van der Waals surface area contributed by atoms with Crippen LogP contribution < -0.4 is 4.90 Å². The molecule has 1 rings (SSSR count). The minimum absolute atomic E-state index is 0.0949. The molecule has 14 heavy (non-hydrogen) atoms. The van der Waals surface area contributed by atoms with Crippen LogP contribution in [-0.4, -0.2) is 30.3 Å². The summed E-state index contributed by atoms with van der Waals surface area (Å²) in [6, 6.07) is 3.82. The second kappa shape index (κ2) is 4.58. The first-order valence-corrected chi connectivity index (χ1v) is 4.37. The predicted molar refractivity (Wildman–Crippen MR) is 54.0 cm³/mol. The first-order valence-electron chi connectivity index (χ1n) is 4.37. The van der Waals surface area contributed by atoms with Gasteiger partial charge in [0, 0.05) is 19.8 Å². The van der Waals surface area contributed by atoms with E-state index in [0.717, 1.165) is 11.4 Å². The minimum atomic E-state index is 0.0949. The van der Waals surface area contributed by atoms with E-state index in [0.29, 0.717) is 12.1 Å². The predicted octanol–water partition coefficient (Wildman–Crippen LogP) is 0.690. The van der Waals surface area contributed by atoms with E-state index in [4.69, 9.17) is 10.4 Å². The van der Waals surface area contributed by atoms with Gasteiger partial charge in [-0.15, -0.1) is 0 Å². The van der Waals surface area contributed by atoms with Gasteiger partial charge in [0.2, 0.25) is 0 Å². The third-order valence-electron chi connectivity index (χ3n) is 1.98. The molecule has 0 amide bonds. The molecule has 1 aromatic heterocycles. The van der Waals surface area contributed by atoms with Crippen LogP contribution in [0, 0.1) is 18.3 Å². The molecule has 0 atom stereocenters. The zero-order valence-corrected chi connectivity index (χ0v) is 8.36. The normalized spacial score (nSPS) is 9.57. The fourth-order valence-electron chi connectivity index (χ4n) is 1.28. The van der Waals surface area contributed by atoms with Gasteiger partial charge in [-0.3, -0.25) is 0 Å². The second-order valence-electron chi connectivity index (χ2n) is 3.12. The number of aromatic nitrogens is 1. The van der Waals surface area contributed by atoms with Crippen molar-refractivity contribution in [3.05, 3.63) is 23.4 Å². The summed E-state index contributed by atoms with van der Waals surface area (Å²) >= 11 is 0. The van der Waals surface area contributed by atoms with E-state index in [-0.39, 0.29) is 6.61 Å². The van der Waals surface area contributed by atoms with Crippen molar-refractivity contribution < 1.29 is 5.11 Å². The Morgan fingerprint density at radius 2 is 2.36 bits per heavy atom. The Kier molecular flexibility index (Phi) is 3.43. The van der Waals surface area contributed by atoms with Gasteiger partial charge in [-0.25, -0.2) is 4.98 Å². The van der Waals surface area contributed by atoms with Crippen LogP contribution in [0.25, 0.3) is 0 Å². The summed E-state index contributed by atoms with van der Waals surface area (Å²) in [5, 5.41) is 17.4. The van der Waals surface area contributed by atoms with Gasteiger partial charge >= 0.3 is 0 Å². The third kappa shape index (κ3) is 2.21. The van der Waals surface area contributed by atoms with Gasteiger partial charge in [-0.2, -0.15) is 5.26 Å². The van der Waals surface area contributed by atoms with Crippen LogP contribution >= 0.6 is 0 Å². The van der Waals surface area contributed by atoms with Gasteiger partial charge in [0.1, 0.15) is 11.9 Å². The van der Waals surface area contributed by atoms with Gasteiger partial charge in [0.15, 0.2) is 0 Å². The number of nitrogens with zero attached hydrogens (tertiary/aromatic N) is 3. The molecule has 74 valence electrons. The number of anilines is 1. The average molecular weight is 191 g/mol. The summed E-state index contributed by atoms with van der Waals surface area (Å²) in [4.78, 5) is 6.02. The van der Waals surface area contributed by atoms with Crippen molar-refractivity contribution in [2.24, 2.45) is 0 Å². The molecule has 4 heteroatoms. The lowest BCUT2D eigenvalue weighted by Crippen LogP contribution is -2.23. The van der Waals surface area contributed by atoms with Crippen molar-refractivity contribution in [3.8, 4) is 6.07 Å². The fraction of sp³-hybridized carbons (Fsp3) is 0.400. The van der Waals surface area contributed by atoms with Crippen LogP contribution in [-0.2, 0) is 0 Å². The Morgan fingerprint density at radius 1 is 1.64 bits per heavy atom. The number of aliphatic hydroxyl groups excluding tert-OH is 1. The summed E-state index contributed by atoms with van der Waals surface area (Å²) in [5.74, 6) is 0.804. The van der Waals surface area contributed by atoms with E-state index in [9.17, 15) is 0 Å². The molecule has 0 saturated carbocycles. The monoisotopic (exact) mass is 191 g/mol. The molecule has 0 aliphatic heterocycles. The summed E-state index contributed by atoms with van der Waals surface area (Å²) in [6.45, 7) is 2.54. The van der Waals surface area contributed by atoms with Gasteiger partial charge in [0.25, 0.3) is 0 Å². The standard InChI is InChI=1S/C10H13N3O/c1-8-5-9(6-11)7-12-10(8)13(2)3-4-14/h5,7,14H,3-4H2,1-2H3. The van der Waals surface area contributed by atoms with Crippen molar-refractivity contribution in [3.63, 3.8) is 0 Å². The summed E-state index contributed by atoms with van der Waals surface area (Å²) in [6.07, 6.45) is 1.54. The zero-order chi connectivity index (χ0) is 10.6. The Balaban J connectivity index is 2.95. The van der Waals surface area contributed by atoms with Crippen molar-refractivity contribution in [1.82, 2.24) is 4.98 Å². The Bertz CT molecular complexity index is 357. The van der Waals surface area contributed by atoms with Crippen LogP contribution in [0.2, 0.25) is 0 Å². The molecule has 0 unspecified atom stereocenters. The number of likely N-dealkylation sites (N-methyl/N-ethyl adjacent to an activating group) is 1. The zero-order valence-electron chi connectivity index (χ0n) is 8.36. The number of pyridine rings is 1. The molecule has 0 saturated heterocycles. The Hall–Kier alpha value is -1.60. The molecule has 4 nitrogen and oxygen atoms in total. The molecule has 0 spiro atoms. The van der Waals surface area contributed by atoms with Crippen LogP contribution in [0.5, 0.6) is 0 Å². The molecular weight excluding hydrogens is 178 g/mol. The highest BCUT2D eigenvalue weighted by Crippen LogP contribution is 2.15. The van der Waals surface area contributed by atoms with Crippen molar-refractivity contribution >= 4 is 5.82 Å². The highest BCUT2D eigenvalue weighted by Gasteiger charge is 2.05. The van der Waals surface area contributed by atoms with E-state index in [1.807, 2.05) is 24.9 Å². The van der Waals surface area contributed by atoms with Crippen molar-refractivity contribution in [2.75, 3.05) is 25.1 Å². The SMILES string of the molecule is Cc1cc(C#N)cnc1N(C)CCO. The molecule has 1 aromatic rings. The van der Waals surface area contributed by atoms with E-state index >= 15 is 0 Å². The smallest absolute Gasteiger partial charge is 0.131 e. The lowest BCUT2D eigenvalue weighted by atomic mass is 10.2. The first-order chi connectivity index (χ1) is 6.69. The summed E-state index contributed by atoms with van der Waals surface area (Å²) in [7, 11) is 1.86. The van der Waals surface area contributed by atoms with Crippen LogP contribution in [0.4, 0.5) is 5.82 Å². The largest absolute Gasteiger partial charge is 0.395 e. The number of rotatable bonds is 3. The molecular formula is C10H13N3O. The Labute approximate surface area is 83.4 Å². The lowest BCUT2D eigenvalue weighted by molar-refractivity contribution is 0.304. The molecule has 0 radical (unpaired) electrons. The highest BCUT2D eigenvalue weighted by molar-refractivity contribution is 5.48. The highest BCUT2D eigenvalue weighted by atomic mass is 16.3. The molecule has 1 heterocycles. The summed E-state index contributed by atoms with van der Waals surface area (Å²) in [5.41, 5.74) is 1.50. The van der Waals surface area contributed by atoms with Crippen molar-refractivity contribution in [1.29, 1.82) is 5.26 Å². The second-order valence-corrected chi connectivity index (χ2v) is 3.12. The van der Waals surface area contributed by atoms with Crippen LogP contribution in [0.3, 0.4) is 0 Å². The van der Waals surface area contributed by atoms with Crippen molar-refractivity contribution in [2.45, 2.75) is 6.92 Å². The van der Waals surface area contributed by atoms with E-state index in [2.05, 4.69) is 4.98 Å². The quantitative estimate of drug-likeness (QED) is 0.763. The first kappa shape index (κ1) is 10.5. The molecule has 0 fully saturated rings. The third-order valence-corrected chi connectivity index (χ3v) is 1.98. The van der Waals surface area contributed by atoms with Gasteiger partial charge in [0.05, 0.1) is 12.2 Å². The minimum Gasteiger partial charge on any atom is -0.395 e. The van der Waals surface area contributed by atoms with Crippen LogP contribution in [0.1, 0.15) is 11.1 Å². The molecule has 0 bridgehead atoms. The topological polar surface area (TPSA) is 60.2 Å². The molecule has 0 aliphatic carbocycles. The molecule has 0 aliphatic rings. The Morgan fingerprint density at radius 3 is 2.86 bits per heavy atom. The molecule has 0 aromatic carbocycles. The molecule has 1 N–H and O–H groups in total. The van der Waals surface area contributed by atoms with Crippen LogP contribution in [0.15, 0.2) is 12.3 Å².